The topological polar surface area (TPSA) is 21.3 Å². The SMILES string of the molecule is COC(CNCC(C)C)c1ccccc1Cl. The second kappa shape index (κ2) is 6.89. The van der Waals surface area contributed by atoms with Gasteiger partial charge in [-0.25, -0.2) is 0 Å². The molecule has 0 aliphatic heterocycles. The van der Waals surface area contributed by atoms with Gasteiger partial charge in [-0.1, -0.05) is 43.6 Å². The van der Waals surface area contributed by atoms with Crippen LogP contribution in [0.5, 0.6) is 0 Å². The molecule has 1 rings (SSSR count). The average molecular weight is 242 g/mol. The first-order chi connectivity index (χ1) is 7.65. The van der Waals surface area contributed by atoms with E-state index in [0.29, 0.717) is 5.92 Å². The number of benzene rings is 1. The van der Waals surface area contributed by atoms with E-state index >= 15 is 0 Å². The Labute approximate surface area is 103 Å². The quantitative estimate of drug-likeness (QED) is 0.826. The third-order valence-corrected chi connectivity index (χ3v) is 2.76. The van der Waals surface area contributed by atoms with Crippen molar-refractivity contribution in [3.05, 3.63) is 34.9 Å². The van der Waals surface area contributed by atoms with E-state index in [1.54, 1.807) is 7.11 Å². The number of nitrogens with one attached hydrogen (secondary N) is 1. The maximum Gasteiger partial charge on any atom is 0.0959 e. The fourth-order valence-electron chi connectivity index (χ4n) is 1.56. The van der Waals surface area contributed by atoms with E-state index in [9.17, 15) is 0 Å². The van der Waals surface area contributed by atoms with Gasteiger partial charge in [-0.2, -0.15) is 0 Å². The Hall–Kier alpha value is -0.570. The molecule has 2 nitrogen and oxygen atoms in total. The maximum absolute atomic E-state index is 6.13. The molecule has 90 valence electrons. The Bertz CT molecular complexity index is 315. The molecule has 1 atom stereocenters. The summed E-state index contributed by atoms with van der Waals surface area (Å²) in [7, 11) is 1.71. The predicted octanol–water partition coefficient (Wildman–Crippen LogP) is 3.27. The van der Waals surface area contributed by atoms with Gasteiger partial charge in [-0.05, 0) is 18.5 Å². The molecule has 0 aliphatic rings. The lowest BCUT2D eigenvalue weighted by Gasteiger charge is -2.18. The van der Waals surface area contributed by atoms with Crippen molar-refractivity contribution < 1.29 is 4.74 Å². The summed E-state index contributed by atoms with van der Waals surface area (Å²) in [6.07, 6.45) is 0.0208. The predicted molar refractivity (Wildman–Crippen MR) is 68.9 cm³/mol. The van der Waals surface area contributed by atoms with Crippen molar-refractivity contribution in [1.82, 2.24) is 5.32 Å². The number of ether oxygens (including phenoxy) is 1. The maximum atomic E-state index is 6.13. The van der Waals surface area contributed by atoms with Crippen molar-refractivity contribution >= 4 is 11.6 Å². The van der Waals surface area contributed by atoms with Gasteiger partial charge in [-0.3, -0.25) is 0 Å². The van der Waals surface area contributed by atoms with E-state index in [1.807, 2.05) is 24.3 Å². The number of methoxy groups -OCH3 is 1. The van der Waals surface area contributed by atoms with Crippen LogP contribution in [0.4, 0.5) is 0 Å². The van der Waals surface area contributed by atoms with Crippen LogP contribution in [-0.4, -0.2) is 20.2 Å². The van der Waals surface area contributed by atoms with Crippen LogP contribution in [0.15, 0.2) is 24.3 Å². The molecular formula is C13H20ClNO. The van der Waals surface area contributed by atoms with E-state index in [4.69, 9.17) is 16.3 Å². The largest absolute Gasteiger partial charge is 0.375 e. The summed E-state index contributed by atoms with van der Waals surface area (Å²) in [6, 6.07) is 7.81. The molecule has 1 unspecified atom stereocenters. The van der Waals surface area contributed by atoms with Crippen molar-refractivity contribution in [3.63, 3.8) is 0 Å². The van der Waals surface area contributed by atoms with Crippen molar-refractivity contribution in [2.45, 2.75) is 20.0 Å². The second-order valence-corrected chi connectivity index (χ2v) is 4.71. The van der Waals surface area contributed by atoms with Crippen LogP contribution in [0.25, 0.3) is 0 Å². The van der Waals surface area contributed by atoms with Gasteiger partial charge >= 0.3 is 0 Å². The third-order valence-electron chi connectivity index (χ3n) is 2.42. The lowest BCUT2D eigenvalue weighted by atomic mass is 10.1. The standard InChI is InChI=1S/C13H20ClNO/c1-10(2)8-15-9-13(16-3)11-6-4-5-7-12(11)14/h4-7,10,13,15H,8-9H2,1-3H3. The van der Waals surface area contributed by atoms with E-state index < -0.39 is 0 Å². The molecule has 0 saturated carbocycles. The molecule has 0 radical (unpaired) electrons. The summed E-state index contributed by atoms with van der Waals surface area (Å²) in [5, 5.41) is 4.14. The number of halogens is 1. The summed E-state index contributed by atoms with van der Waals surface area (Å²) in [4.78, 5) is 0. The minimum Gasteiger partial charge on any atom is -0.375 e. The zero-order valence-corrected chi connectivity index (χ0v) is 10.9. The Balaban J connectivity index is 2.57. The van der Waals surface area contributed by atoms with Gasteiger partial charge in [0, 0.05) is 24.2 Å². The molecule has 0 amide bonds. The molecular weight excluding hydrogens is 222 g/mol. The lowest BCUT2D eigenvalue weighted by Crippen LogP contribution is -2.26. The lowest BCUT2D eigenvalue weighted by molar-refractivity contribution is 0.102. The molecule has 0 spiro atoms. The molecule has 1 aromatic rings. The fourth-order valence-corrected chi connectivity index (χ4v) is 1.82. The van der Waals surface area contributed by atoms with Gasteiger partial charge in [0.25, 0.3) is 0 Å². The minimum absolute atomic E-state index is 0.0208. The number of hydrogen-bond donors (Lipinski definition) is 1. The van der Waals surface area contributed by atoms with Crippen LogP contribution in [0, 0.1) is 5.92 Å². The van der Waals surface area contributed by atoms with E-state index in [2.05, 4.69) is 19.2 Å². The highest BCUT2D eigenvalue weighted by Crippen LogP contribution is 2.24. The summed E-state index contributed by atoms with van der Waals surface area (Å²) in [6.45, 7) is 6.15. The molecule has 0 bridgehead atoms. The zero-order chi connectivity index (χ0) is 12.0. The molecule has 1 N–H and O–H groups in total. The van der Waals surface area contributed by atoms with Crippen molar-refractivity contribution in [1.29, 1.82) is 0 Å². The van der Waals surface area contributed by atoms with Crippen molar-refractivity contribution in [2.24, 2.45) is 5.92 Å². The Morgan fingerprint density at radius 2 is 1.94 bits per heavy atom. The van der Waals surface area contributed by atoms with E-state index in [-0.39, 0.29) is 6.10 Å². The summed E-state index contributed by atoms with van der Waals surface area (Å²) < 4.78 is 5.45. The highest BCUT2D eigenvalue weighted by Gasteiger charge is 2.12. The molecule has 0 fully saturated rings. The minimum atomic E-state index is 0.0208. The molecule has 1 aromatic carbocycles. The first-order valence-electron chi connectivity index (χ1n) is 5.63. The Morgan fingerprint density at radius 1 is 1.25 bits per heavy atom. The van der Waals surface area contributed by atoms with Gasteiger partial charge in [0.15, 0.2) is 0 Å². The van der Waals surface area contributed by atoms with Gasteiger partial charge in [0.05, 0.1) is 6.10 Å². The molecule has 3 heteroatoms. The van der Waals surface area contributed by atoms with Crippen LogP contribution in [-0.2, 0) is 4.74 Å². The first-order valence-corrected chi connectivity index (χ1v) is 6.01. The molecule has 0 aliphatic carbocycles. The molecule has 0 aromatic heterocycles. The number of rotatable bonds is 6. The number of hydrogen-bond acceptors (Lipinski definition) is 2. The first kappa shape index (κ1) is 13.5. The Morgan fingerprint density at radius 3 is 2.50 bits per heavy atom. The van der Waals surface area contributed by atoms with Gasteiger partial charge in [0.1, 0.15) is 0 Å². The fraction of sp³-hybridized carbons (Fsp3) is 0.538. The monoisotopic (exact) mass is 241 g/mol. The second-order valence-electron chi connectivity index (χ2n) is 4.30. The van der Waals surface area contributed by atoms with E-state index in [1.165, 1.54) is 0 Å². The van der Waals surface area contributed by atoms with Gasteiger partial charge in [0.2, 0.25) is 0 Å². The smallest absolute Gasteiger partial charge is 0.0959 e. The van der Waals surface area contributed by atoms with Crippen molar-refractivity contribution in [3.8, 4) is 0 Å². The van der Waals surface area contributed by atoms with Crippen molar-refractivity contribution in [2.75, 3.05) is 20.2 Å². The van der Waals surface area contributed by atoms with Crippen LogP contribution < -0.4 is 5.32 Å². The normalized spacial score (nSPS) is 13.1. The van der Waals surface area contributed by atoms with Crippen LogP contribution >= 0.6 is 11.6 Å². The molecule has 0 saturated heterocycles. The van der Waals surface area contributed by atoms with Crippen LogP contribution in [0.2, 0.25) is 5.02 Å². The van der Waals surface area contributed by atoms with Gasteiger partial charge in [-0.15, -0.1) is 0 Å². The zero-order valence-electron chi connectivity index (χ0n) is 10.2. The third kappa shape index (κ3) is 4.12. The molecule has 0 heterocycles. The average Bonchev–Trinajstić information content (AvgIpc) is 2.25. The van der Waals surface area contributed by atoms with Crippen LogP contribution in [0.3, 0.4) is 0 Å². The summed E-state index contributed by atoms with van der Waals surface area (Å²) in [5.41, 5.74) is 1.04. The highest BCUT2D eigenvalue weighted by molar-refractivity contribution is 6.31. The van der Waals surface area contributed by atoms with Crippen LogP contribution in [0.1, 0.15) is 25.5 Å². The van der Waals surface area contributed by atoms with E-state index in [0.717, 1.165) is 23.7 Å². The molecule has 16 heavy (non-hydrogen) atoms. The van der Waals surface area contributed by atoms with Gasteiger partial charge < -0.3 is 10.1 Å². The highest BCUT2D eigenvalue weighted by atomic mass is 35.5. The Kier molecular flexibility index (Phi) is 5.81. The summed E-state index contributed by atoms with van der Waals surface area (Å²) in [5.74, 6) is 0.642. The summed E-state index contributed by atoms with van der Waals surface area (Å²) >= 11 is 6.13.